The molecule has 0 aliphatic heterocycles. The molecule has 1 N–H and O–H groups in total. The molecule has 0 spiro atoms. The fraction of sp³-hybridized carbons (Fsp3) is 0.308. The largest absolute Gasteiger partial charge is 0.359 e. The summed E-state index contributed by atoms with van der Waals surface area (Å²) in [5.74, 6) is 0. The van der Waals surface area contributed by atoms with Crippen molar-refractivity contribution in [3.05, 3.63) is 33.1 Å². The zero-order valence-electron chi connectivity index (χ0n) is 9.75. The summed E-state index contributed by atoms with van der Waals surface area (Å²) in [6.45, 7) is 4.27. The van der Waals surface area contributed by atoms with Gasteiger partial charge in [0.15, 0.2) is 5.13 Å². The first-order chi connectivity index (χ1) is 8.13. The maximum absolute atomic E-state index is 4.69. The molecule has 1 aliphatic carbocycles. The zero-order chi connectivity index (χ0) is 12.0. The molecule has 0 radical (unpaired) electrons. The highest BCUT2D eigenvalue weighted by molar-refractivity contribution is 9.10. The topological polar surface area (TPSA) is 24.9 Å². The van der Waals surface area contributed by atoms with Crippen LogP contribution in [0.3, 0.4) is 0 Å². The third-order valence-corrected chi connectivity index (χ3v) is 4.26. The number of nitrogens with one attached hydrogen (secondary N) is 1. The van der Waals surface area contributed by atoms with Crippen LogP contribution >= 0.6 is 27.3 Å². The zero-order valence-corrected chi connectivity index (χ0v) is 12.2. The van der Waals surface area contributed by atoms with Gasteiger partial charge in [0.2, 0.25) is 0 Å². The van der Waals surface area contributed by atoms with Gasteiger partial charge in [0.25, 0.3) is 0 Å². The van der Waals surface area contributed by atoms with Crippen LogP contribution in [-0.4, -0.2) is 11.0 Å². The van der Waals surface area contributed by atoms with Gasteiger partial charge in [0.1, 0.15) is 0 Å². The molecule has 0 atom stereocenters. The summed E-state index contributed by atoms with van der Waals surface area (Å²) in [5, 5.41) is 4.41. The van der Waals surface area contributed by atoms with Crippen LogP contribution in [0.15, 0.2) is 22.7 Å². The molecule has 3 rings (SSSR count). The normalized spacial score (nSPS) is 12.7. The predicted molar refractivity (Wildman–Crippen MR) is 76.8 cm³/mol. The first-order valence-electron chi connectivity index (χ1n) is 5.68. The Morgan fingerprint density at radius 2 is 2.24 bits per heavy atom. The molecule has 88 valence electrons. The molecule has 17 heavy (non-hydrogen) atoms. The van der Waals surface area contributed by atoms with Gasteiger partial charge >= 0.3 is 0 Å². The fourth-order valence-corrected chi connectivity index (χ4v) is 3.66. The van der Waals surface area contributed by atoms with Crippen LogP contribution in [0.1, 0.15) is 24.3 Å². The minimum absolute atomic E-state index is 0.436. The van der Waals surface area contributed by atoms with Gasteiger partial charge in [-0.2, -0.15) is 0 Å². The van der Waals surface area contributed by atoms with Crippen LogP contribution < -0.4 is 5.32 Å². The van der Waals surface area contributed by atoms with E-state index in [4.69, 9.17) is 4.98 Å². The van der Waals surface area contributed by atoms with E-state index in [1.165, 1.54) is 21.7 Å². The van der Waals surface area contributed by atoms with Crippen molar-refractivity contribution in [2.75, 3.05) is 5.32 Å². The van der Waals surface area contributed by atoms with E-state index < -0.39 is 0 Å². The predicted octanol–water partition coefficient (Wildman–Crippen LogP) is 4.30. The second kappa shape index (κ2) is 4.10. The molecule has 0 bridgehead atoms. The molecule has 1 aliphatic rings. The minimum atomic E-state index is 0.436. The van der Waals surface area contributed by atoms with Crippen molar-refractivity contribution in [1.29, 1.82) is 0 Å². The highest BCUT2D eigenvalue weighted by Crippen LogP contribution is 2.41. The van der Waals surface area contributed by atoms with Crippen molar-refractivity contribution in [2.24, 2.45) is 0 Å². The maximum atomic E-state index is 4.69. The van der Waals surface area contributed by atoms with Gasteiger partial charge in [0, 0.05) is 27.4 Å². The van der Waals surface area contributed by atoms with Gasteiger partial charge in [-0.05, 0) is 31.5 Å². The number of hydrogen-bond acceptors (Lipinski definition) is 3. The van der Waals surface area contributed by atoms with Crippen molar-refractivity contribution in [1.82, 2.24) is 4.98 Å². The lowest BCUT2D eigenvalue weighted by Gasteiger charge is -2.05. The van der Waals surface area contributed by atoms with Crippen molar-refractivity contribution < 1.29 is 0 Å². The van der Waals surface area contributed by atoms with Crippen molar-refractivity contribution in [3.8, 4) is 11.3 Å². The van der Waals surface area contributed by atoms with E-state index in [0.29, 0.717) is 6.04 Å². The molecule has 2 aromatic rings. The molecule has 0 fully saturated rings. The van der Waals surface area contributed by atoms with Crippen LogP contribution in [0.25, 0.3) is 11.3 Å². The van der Waals surface area contributed by atoms with Crippen LogP contribution in [0.4, 0.5) is 5.13 Å². The Labute approximate surface area is 113 Å². The number of fused-ring (bicyclic) bond motifs is 3. The fourth-order valence-electron chi connectivity index (χ4n) is 2.10. The number of halogens is 1. The average Bonchev–Trinajstić information content (AvgIpc) is 2.72. The van der Waals surface area contributed by atoms with Gasteiger partial charge in [-0.1, -0.05) is 22.0 Å². The summed E-state index contributed by atoms with van der Waals surface area (Å²) in [6, 6.07) is 6.87. The highest BCUT2D eigenvalue weighted by atomic mass is 79.9. The van der Waals surface area contributed by atoms with Gasteiger partial charge < -0.3 is 5.32 Å². The Bertz CT molecular complexity index is 575. The molecule has 0 saturated heterocycles. The summed E-state index contributed by atoms with van der Waals surface area (Å²) in [6.07, 6.45) is 1.02. The van der Waals surface area contributed by atoms with E-state index in [-0.39, 0.29) is 0 Å². The Balaban J connectivity index is 2.00. The second-order valence-corrected chi connectivity index (χ2v) is 6.57. The minimum Gasteiger partial charge on any atom is -0.359 e. The second-order valence-electron chi connectivity index (χ2n) is 4.57. The Morgan fingerprint density at radius 1 is 1.41 bits per heavy atom. The lowest BCUT2D eigenvalue weighted by Crippen LogP contribution is -2.09. The number of anilines is 1. The van der Waals surface area contributed by atoms with E-state index in [0.717, 1.165) is 16.0 Å². The standard InChI is InChI=1S/C13H13BrN2S/c1-7(2)15-13-16-12-10-4-3-9(14)5-8(10)6-11(12)17-13/h3-5,7H,6H2,1-2H3,(H,15,16). The molecule has 1 aromatic carbocycles. The first-order valence-corrected chi connectivity index (χ1v) is 7.29. The monoisotopic (exact) mass is 308 g/mol. The summed E-state index contributed by atoms with van der Waals surface area (Å²) in [5.41, 5.74) is 3.83. The van der Waals surface area contributed by atoms with Crippen LogP contribution in [0.2, 0.25) is 0 Å². The third-order valence-electron chi connectivity index (χ3n) is 2.78. The SMILES string of the molecule is CC(C)Nc1nc2c(s1)Cc1cc(Br)ccc1-2. The van der Waals surface area contributed by atoms with Crippen LogP contribution in [0, 0.1) is 0 Å². The smallest absolute Gasteiger partial charge is 0.183 e. The summed E-state index contributed by atoms with van der Waals surface area (Å²) in [7, 11) is 0. The molecule has 1 heterocycles. The Hall–Kier alpha value is -0.870. The van der Waals surface area contributed by atoms with E-state index >= 15 is 0 Å². The molecule has 0 amide bonds. The van der Waals surface area contributed by atoms with Crippen molar-refractivity contribution in [3.63, 3.8) is 0 Å². The number of rotatable bonds is 2. The molecule has 0 unspecified atom stereocenters. The molecular formula is C13H13BrN2S. The first kappa shape index (κ1) is 11.2. The van der Waals surface area contributed by atoms with E-state index in [2.05, 4.69) is 53.3 Å². The lowest BCUT2D eigenvalue weighted by atomic mass is 10.1. The van der Waals surface area contributed by atoms with E-state index in [9.17, 15) is 0 Å². The van der Waals surface area contributed by atoms with E-state index in [1.807, 2.05) is 0 Å². The Morgan fingerprint density at radius 3 is 3.00 bits per heavy atom. The lowest BCUT2D eigenvalue weighted by molar-refractivity contribution is 0.897. The summed E-state index contributed by atoms with van der Waals surface area (Å²) < 4.78 is 1.15. The average molecular weight is 309 g/mol. The molecule has 4 heteroatoms. The Kier molecular flexibility index (Phi) is 2.71. The van der Waals surface area contributed by atoms with Crippen molar-refractivity contribution >= 4 is 32.4 Å². The highest BCUT2D eigenvalue weighted by Gasteiger charge is 2.23. The van der Waals surface area contributed by atoms with E-state index in [1.54, 1.807) is 11.3 Å². The van der Waals surface area contributed by atoms with Gasteiger partial charge in [-0.3, -0.25) is 0 Å². The third kappa shape index (κ3) is 2.00. The summed E-state index contributed by atoms with van der Waals surface area (Å²) >= 11 is 5.29. The van der Waals surface area contributed by atoms with Gasteiger partial charge in [0.05, 0.1) is 5.69 Å². The molecule has 0 saturated carbocycles. The van der Waals surface area contributed by atoms with Gasteiger partial charge in [-0.15, -0.1) is 11.3 Å². The quantitative estimate of drug-likeness (QED) is 0.763. The summed E-state index contributed by atoms with van der Waals surface area (Å²) in [4.78, 5) is 6.07. The number of benzene rings is 1. The number of thiazole rings is 1. The number of hydrogen-bond donors (Lipinski definition) is 1. The number of aromatic nitrogens is 1. The molecule has 1 aromatic heterocycles. The van der Waals surface area contributed by atoms with Crippen LogP contribution in [0.5, 0.6) is 0 Å². The molecule has 2 nitrogen and oxygen atoms in total. The maximum Gasteiger partial charge on any atom is 0.183 e. The van der Waals surface area contributed by atoms with Crippen molar-refractivity contribution in [2.45, 2.75) is 26.3 Å². The number of nitrogens with zero attached hydrogens (tertiary/aromatic N) is 1. The van der Waals surface area contributed by atoms with Gasteiger partial charge in [-0.25, -0.2) is 4.98 Å². The van der Waals surface area contributed by atoms with Crippen LogP contribution in [-0.2, 0) is 6.42 Å². The molecular weight excluding hydrogens is 296 g/mol.